The van der Waals surface area contributed by atoms with Gasteiger partial charge in [0.05, 0.1) is 20.6 Å². The van der Waals surface area contributed by atoms with Crippen LogP contribution in [0.3, 0.4) is 0 Å². The Morgan fingerprint density at radius 2 is 2.31 bits per heavy atom. The van der Waals surface area contributed by atoms with Gasteiger partial charge in [0.15, 0.2) is 5.78 Å². The largest absolute Gasteiger partial charge is 0.292 e. The molecule has 0 saturated heterocycles. The van der Waals surface area contributed by atoms with Gasteiger partial charge < -0.3 is 0 Å². The second-order valence-corrected chi connectivity index (χ2v) is 6.32. The fourth-order valence-corrected chi connectivity index (χ4v) is 3.15. The molecule has 0 amide bonds. The summed E-state index contributed by atoms with van der Waals surface area (Å²) in [5.74, 6) is 0.511. The highest BCUT2D eigenvalue weighted by molar-refractivity contribution is 9.11. The molecule has 2 aromatic heterocycles. The predicted molar refractivity (Wildman–Crippen MR) is 69.1 cm³/mol. The lowest BCUT2D eigenvalue weighted by atomic mass is 10.4. The first-order valence-corrected chi connectivity index (χ1v) is 7.02. The second-order valence-electron chi connectivity index (χ2n) is 2.86. The van der Waals surface area contributed by atoms with E-state index < -0.39 is 0 Å². The van der Waals surface area contributed by atoms with Crippen LogP contribution >= 0.6 is 39.0 Å². The fourth-order valence-electron chi connectivity index (χ4n) is 1.03. The van der Waals surface area contributed by atoms with Crippen LogP contribution in [0.25, 0.3) is 0 Å². The van der Waals surface area contributed by atoms with Crippen molar-refractivity contribution in [1.82, 2.24) is 9.97 Å². The van der Waals surface area contributed by atoms with E-state index in [9.17, 15) is 4.79 Å². The first-order chi connectivity index (χ1) is 7.75. The van der Waals surface area contributed by atoms with Gasteiger partial charge in [0.25, 0.3) is 0 Å². The normalized spacial score (nSPS) is 10.3. The molecule has 0 aliphatic rings. The van der Waals surface area contributed by atoms with Crippen LogP contribution in [-0.2, 0) is 0 Å². The Balaban J connectivity index is 1.94. The molecule has 82 valence electrons. The van der Waals surface area contributed by atoms with Crippen molar-refractivity contribution in [3.05, 3.63) is 39.4 Å². The Morgan fingerprint density at radius 3 is 2.94 bits per heavy atom. The molecule has 0 N–H and O–H groups in total. The maximum atomic E-state index is 11.8. The molecule has 0 atom stereocenters. The van der Waals surface area contributed by atoms with Crippen molar-refractivity contribution >= 4 is 44.8 Å². The van der Waals surface area contributed by atoms with Gasteiger partial charge in [-0.05, 0) is 28.1 Å². The monoisotopic (exact) mass is 314 g/mol. The maximum Gasteiger partial charge on any atom is 0.183 e. The average Bonchev–Trinajstić information content (AvgIpc) is 2.74. The molecule has 0 radical (unpaired) electrons. The van der Waals surface area contributed by atoms with Gasteiger partial charge in [-0.15, -0.1) is 11.3 Å². The highest BCUT2D eigenvalue weighted by Crippen LogP contribution is 2.24. The minimum atomic E-state index is 0.117. The number of hydrogen-bond donors (Lipinski definition) is 0. The number of thiophene rings is 1. The Morgan fingerprint density at radius 1 is 1.44 bits per heavy atom. The number of rotatable bonds is 4. The zero-order valence-corrected chi connectivity index (χ0v) is 11.3. The van der Waals surface area contributed by atoms with E-state index in [4.69, 9.17) is 0 Å². The van der Waals surface area contributed by atoms with Gasteiger partial charge in [-0.3, -0.25) is 9.78 Å². The molecule has 0 bridgehead atoms. The number of nitrogens with zero attached hydrogens (tertiary/aromatic N) is 2. The van der Waals surface area contributed by atoms with Crippen LogP contribution in [0.4, 0.5) is 0 Å². The molecule has 2 aromatic rings. The third-order valence-electron chi connectivity index (χ3n) is 1.74. The van der Waals surface area contributed by atoms with Crippen LogP contribution in [0.1, 0.15) is 9.67 Å². The molecule has 0 aromatic carbocycles. The van der Waals surface area contributed by atoms with Gasteiger partial charge in [0.1, 0.15) is 5.03 Å². The van der Waals surface area contributed by atoms with Crippen LogP contribution in [0.2, 0.25) is 0 Å². The van der Waals surface area contributed by atoms with E-state index in [2.05, 4.69) is 25.9 Å². The summed E-state index contributed by atoms with van der Waals surface area (Å²) in [5, 5.41) is 0.770. The number of hydrogen-bond acceptors (Lipinski definition) is 5. The SMILES string of the molecule is O=C(CSc1cnccn1)c1ccc(Br)s1. The molecule has 0 spiro atoms. The van der Waals surface area contributed by atoms with Crippen LogP contribution in [0.5, 0.6) is 0 Å². The van der Waals surface area contributed by atoms with E-state index in [1.807, 2.05) is 12.1 Å². The summed E-state index contributed by atoms with van der Waals surface area (Å²) in [7, 11) is 0. The van der Waals surface area contributed by atoms with Crippen LogP contribution in [0, 0.1) is 0 Å². The van der Waals surface area contributed by atoms with E-state index in [1.54, 1.807) is 18.6 Å². The van der Waals surface area contributed by atoms with Gasteiger partial charge in [-0.2, -0.15) is 0 Å². The first-order valence-electron chi connectivity index (χ1n) is 4.43. The number of thioether (sulfide) groups is 1. The lowest BCUT2D eigenvalue weighted by molar-refractivity contribution is 0.102. The van der Waals surface area contributed by atoms with Gasteiger partial charge in [-0.25, -0.2) is 4.98 Å². The van der Waals surface area contributed by atoms with Crippen molar-refractivity contribution in [2.24, 2.45) is 0 Å². The summed E-state index contributed by atoms with van der Waals surface area (Å²) in [4.78, 5) is 20.6. The molecule has 6 heteroatoms. The van der Waals surface area contributed by atoms with E-state index in [-0.39, 0.29) is 5.78 Å². The molecule has 0 aliphatic carbocycles. The van der Waals surface area contributed by atoms with Gasteiger partial charge in [0.2, 0.25) is 0 Å². The fraction of sp³-hybridized carbons (Fsp3) is 0.100. The summed E-state index contributed by atoms with van der Waals surface area (Å²) < 4.78 is 0.973. The predicted octanol–water partition coefficient (Wildman–Crippen LogP) is 3.28. The Labute approximate surface area is 109 Å². The van der Waals surface area contributed by atoms with Crippen molar-refractivity contribution < 1.29 is 4.79 Å². The Hall–Kier alpha value is -0.720. The number of Topliss-reactive ketones (excluding diaryl/α,β-unsaturated/α-hetero) is 1. The third kappa shape index (κ3) is 3.13. The van der Waals surface area contributed by atoms with Crippen LogP contribution < -0.4 is 0 Å². The van der Waals surface area contributed by atoms with E-state index in [0.29, 0.717) is 5.75 Å². The number of carbonyl (C=O) groups is 1. The van der Waals surface area contributed by atoms with E-state index in [1.165, 1.54) is 23.1 Å². The molecule has 2 heterocycles. The summed E-state index contributed by atoms with van der Waals surface area (Å²) in [6.07, 6.45) is 4.89. The van der Waals surface area contributed by atoms with E-state index in [0.717, 1.165) is 13.7 Å². The molecule has 16 heavy (non-hydrogen) atoms. The molecule has 3 nitrogen and oxygen atoms in total. The van der Waals surface area contributed by atoms with Crippen molar-refractivity contribution in [1.29, 1.82) is 0 Å². The highest BCUT2D eigenvalue weighted by Gasteiger charge is 2.09. The first kappa shape index (κ1) is 11.8. The molecule has 0 unspecified atom stereocenters. The summed E-state index contributed by atoms with van der Waals surface area (Å²) in [6.45, 7) is 0. The molecule has 0 aliphatic heterocycles. The minimum Gasteiger partial charge on any atom is -0.292 e. The standard InChI is InChI=1S/C10H7BrN2OS2/c11-9-2-1-8(16-9)7(14)6-15-10-5-12-3-4-13-10/h1-5H,6H2. The van der Waals surface area contributed by atoms with Crippen LogP contribution in [-0.4, -0.2) is 21.5 Å². The molecular weight excluding hydrogens is 308 g/mol. The lowest BCUT2D eigenvalue weighted by Crippen LogP contribution is -1.99. The number of ketones is 1. The molecule has 0 saturated carbocycles. The van der Waals surface area contributed by atoms with E-state index >= 15 is 0 Å². The van der Waals surface area contributed by atoms with Gasteiger partial charge in [-0.1, -0.05) is 11.8 Å². The number of halogens is 1. The van der Waals surface area contributed by atoms with Crippen molar-refractivity contribution in [2.45, 2.75) is 5.03 Å². The smallest absolute Gasteiger partial charge is 0.183 e. The number of carbonyl (C=O) groups excluding carboxylic acids is 1. The summed E-state index contributed by atoms with van der Waals surface area (Å²) in [5.41, 5.74) is 0. The van der Waals surface area contributed by atoms with Crippen molar-refractivity contribution in [3.8, 4) is 0 Å². The molecule has 2 rings (SSSR count). The number of aromatic nitrogens is 2. The summed E-state index contributed by atoms with van der Waals surface area (Å²) in [6, 6.07) is 3.71. The molecule has 0 fully saturated rings. The zero-order chi connectivity index (χ0) is 11.4. The minimum absolute atomic E-state index is 0.117. The Bertz CT molecular complexity index is 487. The van der Waals surface area contributed by atoms with Crippen molar-refractivity contribution in [3.63, 3.8) is 0 Å². The lowest BCUT2D eigenvalue weighted by Gasteiger charge is -1.97. The topological polar surface area (TPSA) is 42.9 Å². The third-order valence-corrected chi connectivity index (χ3v) is 4.32. The highest BCUT2D eigenvalue weighted by atomic mass is 79.9. The molecular formula is C10H7BrN2OS2. The Kier molecular flexibility index (Phi) is 4.09. The van der Waals surface area contributed by atoms with Gasteiger partial charge >= 0.3 is 0 Å². The maximum absolute atomic E-state index is 11.8. The average molecular weight is 315 g/mol. The summed E-state index contributed by atoms with van der Waals surface area (Å²) >= 11 is 6.18. The van der Waals surface area contributed by atoms with Crippen LogP contribution in [0.15, 0.2) is 39.5 Å². The second kappa shape index (κ2) is 5.56. The van der Waals surface area contributed by atoms with Gasteiger partial charge in [0, 0.05) is 12.4 Å². The zero-order valence-electron chi connectivity index (χ0n) is 8.09. The van der Waals surface area contributed by atoms with Crippen molar-refractivity contribution in [2.75, 3.05) is 5.75 Å². The quantitative estimate of drug-likeness (QED) is 0.641.